The van der Waals surface area contributed by atoms with Crippen LogP contribution in [0.3, 0.4) is 0 Å². The van der Waals surface area contributed by atoms with Crippen molar-refractivity contribution in [1.29, 1.82) is 0 Å². The van der Waals surface area contributed by atoms with E-state index in [0.29, 0.717) is 6.04 Å². The minimum Gasteiger partial charge on any atom is -0.357 e. The molecule has 0 radical (unpaired) electrons. The maximum absolute atomic E-state index is 4.76. The van der Waals surface area contributed by atoms with Crippen molar-refractivity contribution in [3.8, 4) is 0 Å². The van der Waals surface area contributed by atoms with Crippen molar-refractivity contribution in [2.45, 2.75) is 52.1 Å². The van der Waals surface area contributed by atoms with E-state index in [1.165, 1.54) is 9.88 Å². The zero-order chi connectivity index (χ0) is 19.6. The van der Waals surface area contributed by atoms with E-state index >= 15 is 0 Å². The molecule has 0 bridgehead atoms. The highest BCUT2D eigenvalue weighted by atomic mass is 32.1. The fraction of sp³-hybridized carbons (Fsp3) is 0.571. The van der Waals surface area contributed by atoms with Crippen molar-refractivity contribution in [3.05, 3.63) is 46.2 Å². The molecule has 7 heteroatoms. The first kappa shape index (κ1) is 20.7. The molecule has 1 fully saturated rings. The largest absolute Gasteiger partial charge is 0.357 e. The van der Waals surface area contributed by atoms with Gasteiger partial charge in [-0.15, -0.1) is 11.3 Å². The zero-order valence-corrected chi connectivity index (χ0v) is 17.8. The summed E-state index contributed by atoms with van der Waals surface area (Å²) in [5.74, 6) is 0.929. The molecule has 2 aromatic rings. The molecule has 1 aliphatic heterocycles. The number of nitrogens with zero attached hydrogens (tertiary/aromatic N) is 4. The normalized spacial score (nSPS) is 16.3. The smallest absolute Gasteiger partial charge is 0.191 e. The maximum Gasteiger partial charge on any atom is 0.191 e. The van der Waals surface area contributed by atoms with Gasteiger partial charge in [-0.05, 0) is 38.3 Å². The fourth-order valence-electron chi connectivity index (χ4n) is 3.36. The molecule has 0 unspecified atom stereocenters. The Balaban J connectivity index is 1.43. The molecular weight excluding hydrogens is 368 g/mol. The number of thiazole rings is 1. The lowest BCUT2D eigenvalue weighted by Gasteiger charge is -2.32. The molecule has 3 heterocycles. The van der Waals surface area contributed by atoms with E-state index in [0.717, 1.165) is 70.1 Å². The number of nitrogens with one attached hydrogen (secondary N) is 2. The van der Waals surface area contributed by atoms with Crippen molar-refractivity contribution >= 4 is 17.3 Å². The first-order valence-corrected chi connectivity index (χ1v) is 11.2. The van der Waals surface area contributed by atoms with Crippen molar-refractivity contribution in [2.75, 3.05) is 26.2 Å². The number of guanidine groups is 1. The quantitative estimate of drug-likeness (QED) is 0.527. The number of pyridine rings is 1. The van der Waals surface area contributed by atoms with Gasteiger partial charge in [0.05, 0.1) is 10.7 Å². The van der Waals surface area contributed by atoms with Crippen LogP contribution in [0.1, 0.15) is 42.3 Å². The van der Waals surface area contributed by atoms with Crippen LogP contribution in [0, 0.1) is 0 Å². The van der Waals surface area contributed by atoms with Gasteiger partial charge in [-0.3, -0.25) is 14.9 Å². The Morgan fingerprint density at radius 2 is 2.11 bits per heavy atom. The van der Waals surface area contributed by atoms with Crippen LogP contribution in [0.25, 0.3) is 0 Å². The second kappa shape index (κ2) is 11.1. The Hall–Kier alpha value is -1.99. The number of likely N-dealkylation sites (tertiary alicyclic amines) is 1. The average Bonchev–Trinajstić information content (AvgIpc) is 3.18. The minimum absolute atomic E-state index is 0.476. The topological polar surface area (TPSA) is 65.4 Å². The summed E-state index contributed by atoms with van der Waals surface area (Å²) >= 11 is 1.80. The molecule has 0 spiro atoms. The van der Waals surface area contributed by atoms with Gasteiger partial charge in [0.15, 0.2) is 5.96 Å². The predicted molar refractivity (Wildman–Crippen MR) is 117 cm³/mol. The average molecular weight is 401 g/mol. The third-order valence-corrected chi connectivity index (χ3v) is 6.13. The summed E-state index contributed by atoms with van der Waals surface area (Å²) in [5.41, 5.74) is 1.15. The van der Waals surface area contributed by atoms with E-state index < -0.39 is 0 Å². The van der Waals surface area contributed by atoms with Crippen molar-refractivity contribution in [3.63, 3.8) is 0 Å². The second-order valence-corrected chi connectivity index (χ2v) is 8.30. The molecule has 152 valence electrons. The van der Waals surface area contributed by atoms with Crippen molar-refractivity contribution in [2.24, 2.45) is 4.99 Å². The van der Waals surface area contributed by atoms with Gasteiger partial charge in [0.1, 0.15) is 0 Å². The molecule has 0 aromatic carbocycles. The molecule has 6 nitrogen and oxygen atoms in total. The molecule has 3 rings (SSSR count). The molecule has 0 amide bonds. The van der Waals surface area contributed by atoms with Crippen molar-refractivity contribution < 1.29 is 0 Å². The van der Waals surface area contributed by atoms with E-state index in [4.69, 9.17) is 4.99 Å². The van der Waals surface area contributed by atoms with E-state index in [2.05, 4.69) is 51.5 Å². The summed E-state index contributed by atoms with van der Waals surface area (Å²) in [6, 6.07) is 6.61. The SMILES string of the molecule is CCNC(=NCCc1ncc(CC)s1)NC1CCN(Cc2ccccn2)CC1. The van der Waals surface area contributed by atoms with Crippen LogP contribution in [0.2, 0.25) is 0 Å². The van der Waals surface area contributed by atoms with Gasteiger partial charge in [0, 0.05) is 62.5 Å². The number of aryl methyl sites for hydroxylation is 1. The first-order valence-electron chi connectivity index (χ1n) is 10.4. The zero-order valence-electron chi connectivity index (χ0n) is 17.0. The number of hydrogen-bond acceptors (Lipinski definition) is 5. The Bertz CT molecular complexity index is 722. The summed E-state index contributed by atoms with van der Waals surface area (Å²) < 4.78 is 0. The first-order chi connectivity index (χ1) is 13.8. The lowest BCUT2D eigenvalue weighted by atomic mass is 10.0. The second-order valence-electron chi connectivity index (χ2n) is 7.10. The molecule has 1 aliphatic rings. The highest BCUT2D eigenvalue weighted by molar-refractivity contribution is 7.11. The van der Waals surface area contributed by atoms with Gasteiger partial charge in [0.2, 0.25) is 0 Å². The molecule has 0 saturated carbocycles. The number of aliphatic imine (C=N–C) groups is 1. The lowest BCUT2D eigenvalue weighted by Crippen LogP contribution is -2.48. The summed E-state index contributed by atoms with van der Waals surface area (Å²) in [7, 11) is 0. The number of piperidine rings is 1. The molecule has 2 aromatic heterocycles. The molecule has 28 heavy (non-hydrogen) atoms. The van der Waals surface area contributed by atoms with Gasteiger partial charge >= 0.3 is 0 Å². The fourth-order valence-corrected chi connectivity index (χ4v) is 4.21. The number of aromatic nitrogens is 2. The number of rotatable bonds is 8. The summed E-state index contributed by atoms with van der Waals surface area (Å²) in [4.78, 5) is 17.5. The van der Waals surface area contributed by atoms with Gasteiger partial charge in [-0.1, -0.05) is 13.0 Å². The standard InChI is InChI=1S/C21H32N6S/c1-3-19-15-25-20(28-19)8-12-24-21(22-4-2)26-17-9-13-27(14-10-17)16-18-7-5-6-11-23-18/h5-7,11,15,17H,3-4,8-10,12-14,16H2,1-2H3,(H2,22,24,26). The monoisotopic (exact) mass is 400 g/mol. The third-order valence-electron chi connectivity index (χ3n) is 4.93. The van der Waals surface area contributed by atoms with Gasteiger partial charge in [0.25, 0.3) is 0 Å². The molecule has 2 N–H and O–H groups in total. The Morgan fingerprint density at radius 3 is 2.79 bits per heavy atom. The third kappa shape index (κ3) is 6.56. The predicted octanol–water partition coefficient (Wildman–Crippen LogP) is 2.86. The van der Waals surface area contributed by atoms with Crippen LogP contribution in [0.4, 0.5) is 0 Å². The van der Waals surface area contributed by atoms with Gasteiger partial charge in [-0.2, -0.15) is 0 Å². The van der Waals surface area contributed by atoms with Crippen LogP contribution in [0.5, 0.6) is 0 Å². The number of hydrogen-bond donors (Lipinski definition) is 2. The van der Waals surface area contributed by atoms with Crippen LogP contribution in [-0.4, -0.2) is 53.0 Å². The van der Waals surface area contributed by atoms with E-state index in [-0.39, 0.29) is 0 Å². The van der Waals surface area contributed by atoms with Gasteiger partial charge in [-0.25, -0.2) is 4.98 Å². The summed E-state index contributed by atoms with van der Waals surface area (Å²) in [6.07, 6.45) is 8.09. The van der Waals surface area contributed by atoms with E-state index in [1.807, 2.05) is 18.5 Å². The molecule has 0 atom stereocenters. The highest BCUT2D eigenvalue weighted by Gasteiger charge is 2.20. The molecular formula is C21H32N6S. The molecule has 0 aliphatic carbocycles. The Labute approximate surface area is 172 Å². The summed E-state index contributed by atoms with van der Waals surface area (Å²) in [6.45, 7) is 9.05. The van der Waals surface area contributed by atoms with E-state index in [9.17, 15) is 0 Å². The lowest BCUT2D eigenvalue weighted by molar-refractivity contribution is 0.196. The summed E-state index contributed by atoms with van der Waals surface area (Å²) in [5, 5.41) is 8.19. The van der Waals surface area contributed by atoms with Crippen molar-refractivity contribution in [1.82, 2.24) is 25.5 Å². The van der Waals surface area contributed by atoms with Crippen LogP contribution in [0.15, 0.2) is 35.6 Å². The molecule has 1 saturated heterocycles. The van der Waals surface area contributed by atoms with Gasteiger partial charge < -0.3 is 10.6 Å². The van der Waals surface area contributed by atoms with Crippen LogP contribution < -0.4 is 10.6 Å². The Morgan fingerprint density at radius 1 is 1.25 bits per heavy atom. The van der Waals surface area contributed by atoms with Crippen LogP contribution >= 0.6 is 11.3 Å². The Kier molecular flexibility index (Phi) is 8.23. The van der Waals surface area contributed by atoms with E-state index in [1.54, 1.807) is 11.3 Å². The minimum atomic E-state index is 0.476. The maximum atomic E-state index is 4.76. The van der Waals surface area contributed by atoms with Crippen LogP contribution in [-0.2, 0) is 19.4 Å². The highest BCUT2D eigenvalue weighted by Crippen LogP contribution is 2.14.